The van der Waals surface area contributed by atoms with Crippen LogP contribution in [0.5, 0.6) is 0 Å². The van der Waals surface area contributed by atoms with E-state index in [1.807, 2.05) is 127 Å². The summed E-state index contributed by atoms with van der Waals surface area (Å²) in [6, 6.07) is 40.8. The quantitative estimate of drug-likeness (QED) is 0.0473. The van der Waals surface area contributed by atoms with Crippen molar-refractivity contribution >= 4 is 61.1 Å². The molecule has 4 aliphatic rings. The first-order chi connectivity index (χ1) is 37.1. The lowest BCUT2D eigenvalue weighted by Gasteiger charge is -2.49. The number of nitrogens with two attached hydrogens (primary N) is 1. The lowest BCUT2D eigenvalue weighted by Crippen LogP contribution is -2.72. The van der Waals surface area contributed by atoms with Gasteiger partial charge in [-0.2, -0.15) is 26.3 Å². The molecule has 5 heterocycles. The van der Waals surface area contributed by atoms with Crippen LogP contribution < -0.4 is 53.1 Å². The topological polar surface area (TPSA) is 172 Å². The zero-order valence-electron chi connectivity index (χ0n) is 44.9. The van der Waals surface area contributed by atoms with E-state index in [2.05, 4.69) is 99.9 Å². The number of alkyl halides is 6. The minimum absolute atomic E-state index is 0.0365. The molecule has 4 aromatic carbocycles. The van der Waals surface area contributed by atoms with Crippen molar-refractivity contribution in [2.24, 2.45) is 15.7 Å². The number of hydrogen-bond donors (Lipinski definition) is 6. The van der Waals surface area contributed by atoms with Crippen molar-refractivity contribution in [3.8, 4) is 0 Å². The monoisotopic (exact) mass is 1120 g/mol. The maximum Gasteiger partial charge on any atom is 0.471 e. The number of hydrogen-bond acceptors (Lipinski definition) is 11. The minimum atomic E-state index is -5.07. The van der Waals surface area contributed by atoms with Crippen LogP contribution in [0, 0.1) is 0 Å². The van der Waals surface area contributed by atoms with Crippen LogP contribution in [-0.2, 0) is 18.4 Å². The highest BCUT2D eigenvalue weighted by molar-refractivity contribution is 7.00. The van der Waals surface area contributed by atoms with Gasteiger partial charge in [0.1, 0.15) is 12.1 Å². The standard InChI is InChI=1S/C29H34F3N5O2Si.C28H32F3N5O2Si/c1-19-16-17-28-24(33-20(2)36-28)23(34-26(37(19)28)35-25(38)29(30,31)32)18-39-40(27(3,4)5,21-12-8-6-9-13-21)22-14-10-7-11-15-22;1-19(32)33-24-22(34-26(35-25(37)28(29,30)31)36-17-11-16-23(24)36)18-38-39(27(2,3)4,20-12-7-5-8-13-20)21-14-9-6-10-15-21/h6-17,19,23-24,33,36H,2,18H2,1,3-5H3,(H,34,35,38);5-17,22,24,33H,1,18,32H2,2-4H3,(H,34,35,37)/t19-,23+,24+,28?;22-,24-/m10/s1. The number of aromatic nitrogens is 1. The molecule has 7 N–H and O–H groups in total. The SMILES string of the molecule is C=C(N)N[C@@H]1c2cccn2C(NC(=O)C(F)(F)F)=N[C@H]1CO[Si](c1ccccc1)(c1ccccc1)C(C)(C)C.C=C1N[C@H]2[C@H](CO[Si](c3ccccc3)(c3ccccc3)C(C)(C)C)N=C(NC(=O)C(F)(F)F)N3[C@H](C)C=CC23N1. The summed E-state index contributed by atoms with van der Waals surface area (Å²) in [5.41, 5.74) is 5.50. The third kappa shape index (κ3) is 11.3. The number of carbonyl (C=O) groups excluding carboxylic acids is 2. The molecule has 14 nitrogen and oxygen atoms in total. The van der Waals surface area contributed by atoms with Crippen LogP contribution in [0.2, 0.25) is 10.1 Å². The Balaban J connectivity index is 0.000000208. The molecule has 1 aromatic heterocycles. The highest BCUT2D eigenvalue weighted by atomic mass is 28.4. The molecule has 22 heteroatoms. The van der Waals surface area contributed by atoms with E-state index in [1.165, 1.54) is 10.8 Å². The number of carbonyl (C=O) groups is 2. The van der Waals surface area contributed by atoms with E-state index >= 15 is 0 Å². The van der Waals surface area contributed by atoms with E-state index in [0.29, 0.717) is 11.5 Å². The molecule has 2 amide bonds. The summed E-state index contributed by atoms with van der Waals surface area (Å²) in [4.78, 5) is 34.8. The van der Waals surface area contributed by atoms with Gasteiger partial charge in [0, 0.05) is 6.20 Å². The van der Waals surface area contributed by atoms with Gasteiger partial charge in [-0.3, -0.25) is 24.8 Å². The van der Waals surface area contributed by atoms with Crippen molar-refractivity contribution in [1.29, 1.82) is 0 Å². The van der Waals surface area contributed by atoms with E-state index < -0.39 is 70.6 Å². The molecule has 1 spiro atoms. The smallest absolute Gasteiger partial charge is 0.405 e. The number of nitrogens with one attached hydrogen (secondary N) is 5. The molecule has 0 bridgehead atoms. The lowest BCUT2D eigenvalue weighted by atomic mass is 9.93. The molecule has 0 saturated carbocycles. The Bertz CT molecular complexity index is 3030. The van der Waals surface area contributed by atoms with E-state index in [-0.39, 0.29) is 47.1 Å². The molecule has 79 heavy (non-hydrogen) atoms. The molecule has 1 saturated heterocycles. The Morgan fingerprint density at radius 2 is 1.09 bits per heavy atom. The van der Waals surface area contributed by atoms with Crippen LogP contribution in [0.1, 0.15) is 60.2 Å². The third-order valence-electron chi connectivity index (χ3n) is 14.6. The zero-order valence-corrected chi connectivity index (χ0v) is 46.9. The number of nitrogens with zero attached hydrogens (tertiary/aromatic N) is 4. The van der Waals surface area contributed by atoms with Crippen molar-refractivity contribution < 1.29 is 44.8 Å². The van der Waals surface area contributed by atoms with E-state index in [9.17, 15) is 35.9 Å². The van der Waals surface area contributed by atoms with Crippen molar-refractivity contribution in [1.82, 2.24) is 36.1 Å². The average molecular weight is 1130 g/mol. The Kier molecular flexibility index (Phi) is 16.1. The average Bonchev–Trinajstić information content (AvgIpc) is 4.07. The summed E-state index contributed by atoms with van der Waals surface area (Å²) in [7, 11) is -5.95. The van der Waals surface area contributed by atoms with Crippen LogP contribution in [0.25, 0.3) is 0 Å². The second kappa shape index (κ2) is 22.0. The number of rotatable bonds is 12. The number of fused-ring (bicyclic) bond motifs is 1. The van der Waals surface area contributed by atoms with E-state index in [1.54, 1.807) is 17.0 Å². The predicted molar refractivity (Wildman–Crippen MR) is 299 cm³/mol. The van der Waals surface area contributed by atoms with Gasteiger partial charge in [0.15, 0.2) is 5.66 Å². The fraction of sp³-hybridized carbons (Fsp3) is 0.333. The predicted octanol–water partition coefficient (Wildman–Crippen LogP) is 6.36. The van der Waals surface area contributed by atoms with Gasteiger partial charge in [0.05, 0.1) is 48.7 Å². The third-order valence-corrected chi connectivity index (χ3v) is 24.6. The van der Waals surface area contributed by atoms with E-state index in [0.717, 1.165) is 20.7 Å². The van der Waals surface area contributed by atoms with Gasteiger partial charge in [0.2, 0.25) is 11.9 Å². The van der Waals surface area contributed by atoms with Gasteiger partial charge in [-0.1, -0.05) is 182 Å². The first kappa shape index (κ1) is 57.8. The molecule has 1 unspecified atom stereocenters. The fourth-order valence-corrected chi connectivity index (χ4v) is 20.4. The highest BCUT2D eigenvalue weighted by Gasteiger charge is 2.60. The lowest BCUT2D eigenvalue weighted by molar-refractivity contribution is -0.172. The molecular weight excluding hydrogens is 1060 g/mol. The molecule has 418 valence electrons. The van der Waals surface area contributed by atoms with Gasteiger partial charge >= 0.3 is 24.2 Å². The molecule has 9 rings (SSSR count). The van der Waals surface area contributed by atoms with E-state index in [4.69, 9.17) is 19.6 Å². The minimum Gasteiger partial charge on any atom is -0.405 e. The first-order valence-electron chi connectivity index (χ1n) is 25.7. The van der Waals surface area contributed by atoms with Crippen LogP contribution in [0.15, 0.2) is 187 Å². The van der Waals surface area contributed by atoms with Crippen molar-refractivity contribution in [2.75, 3.05) is 13.2 Å². The van der Waals surface area contributed by atoms with Crippen LogP contribution >= 0.6 is 0 Å². The Morgan fingerprint density at radius 1 is 0.671 bits per heavy atom. The van der Waals surface area contributed by atoms with Gasteiger partial charge in [-0.15, -0.1) is 0 Å². The van der Waals surface area contributed by atoms with Gasteiger partial charge < -0.3 is 35.4 Å². The largest absolute Gasteiger partial charge is 0.471 e. The Hall–Kier alpha value is -7.41. The van der Waals surface area contributed by atoms with Crippen molar-refractivity contribution in [3.63, 3.8) is 0 Å². The Labute approximate surface area is 458 Å². The molecule has 4 aliphatic heterocycles. The summed E-state index contributed by atoms with van der Waals surface area (Å²) in [6.45, 7) is 22.6. The van der Waals surface area contributed by atoms with Gasteiger partial charge in [-0.25, -0.2) is 9.98 Å². The summed E-state index contributed by atoms with van der Waals surface area (Å²) < 4.78 is 94.8. The van der Waals surface area contributed by atoms with Gasteiger partial charge in [-0.05, 0) is 56.0 Å². The number of halogens is 6. The van der Waals surface area contributed by atoms with Crippen molar-refractivity contribution in [2.45, 2.75) is 107 Å². The molecule has 0 aliphatic carbocycles. The zero-order chi connectivity index (χ0) is 57.3. The normalized spacial score (nSPS) is 21.9. The number of aliphatic imine (C=N–C) groups is 2. The first-order valence-corrected chi connectivity index (χ1v) is 29.5. The molecule has 6 atom stereocenters. The molecule has 5 aromatic rings. The second-order valence-electron chi connectivity index (χ2n) is 21.9. The number of guanidine groups is 1. The fourth-order valence-electron chi connectivity index (χ4n) is 11.3. The highest BCUT2D eigenvalue weighted by Crippen LogP contribution is 2.42. The molecular formula is C57H66F6N10O4Si2. The number of amides is 2. The number of benzene rings is 4. The van der Waals surface area contributed by atoms with Crippen LogP contribution in [0.4, 0.5) is 26.3 Å². The summed E-state index contributed by atoms with van der Waals surface area (Å²) in [5.74, 6) is -3.90. The van der Waals surface area contributed by atoms with Gasteiger partial charge in [0.25, 0.3) is 16.6 Å². The van der Waals surface area contributed by atoms with Crippen molar-refractivity contribution in [3.05, 3.63) is 182 Å². The summed E-state index contributed by atoms with van der Waals surface area (Å²) >= 11 is 0. The second-order valence-corrected chi connectivity index (χ2v) is 30.5. The molecule has 1 fully saturated rings. The maximum absolute atomic E-state index is 13.3. The van der Waals surface area contributed by atoms with Crippen LogP contribution in [-0.4, -0.2) is 105 Å². The Morgan fingerprint density at radius 3 is 1.51 bits per heavy atom. The van der Waals surface area contributed by atoms with Crippen LogP contribution in [0.3, 0.4) is 0 Å². The maximum atomic E-state index is 13.3. The summed E-state index contributed by atoms with van der Waals surface area (Å²) in [5, 5.41) is 17.3. The molecule has 0 radical (unpaired) electrons. The summed E-state index contributed by atoms with van der Waals surface area (Å²) in [6.07, 6.45) is -4.83.